The minimum atomic E-state index is 0.138. The summed E-state index contributed by atoms with van der Waals surface area (Å²) in [6, 6.07) is 0. The quantitative estimate of drug-likeness (QED) is 0.735. The van der Waals surface area contributed by atoms with Crippen LogP contribution in [0.5, 0.6) is 0 Å². The molecule has 0 aliphatic heterocycles. The molecule has 0 aromatic heterocycles. The number of hydrogen-bond acceptors (Lipinski definition) is 1. The molecule has 0 heterocycles. The molecular weight excluding hydrogens is 182 g/mol. The molecule has 0 spiro atoms. The third-order valence-corrected chi connectivity index (χ3v) is 4.17. The minimum absolute atomic E-state index is 0.138. The van der Waals surface area contributed by atoms with E-state index in [0.717, 1.165) is 11.8 Å². The summed E-state index contributed by atoms with van der Waals surface area (Å²) >= 11 is 0. The maximum absolute atomic E-state index is 6.52. The molecule has 1 heteroatoms. The zero-order valence-electron chi connectivity index (χ0n) is 11.3. The lowest BCUT2D eigenvalue weighted by molar-refractivity contribution is 0.152. The Kier molecular flexibility index (Phi) is 3.86. The van der Waals surface area contributed by atoms with Gasteiger partial charge in [-0.15, -0.1) is 0 Å². The van der Waals surface area contributed by atoms with Crippen LogP contribution >= 0.6 is 0 Å². The summed E-state index contributed by atoms with van der Waals surface area (Å²) in [6.45, 7) is 11.7. The van der Waals surface area contributed by atoms with Crippen LogP contribution in [0, 0.1) is 17.3 Å². The molecule has 1 aliphatic carbocycles. The van der Waals surface area contributed by atoms with Crippen LogP contribution in [0.1, 0.15) is 66.7 Å². The maximum Gasteiger partial charge on any atom is 0.0157 e. The zero-order valence-corrected chi connectivity index (χ0v) is 11.3. The molecule has 0 aromatic carbocycles. The predicted molar refractivity (Wildman–Crippen MR) is 67.8 cm³/mol. The third kappa shape index (κ3) is 4.14. The van der Waals surface area contributed by atoms with E-state index in [1.54, 1.807) is 0 Å². The Morgan fingerprint density at radius 3 is 2.27 bits per heavy atom. The molecule has 1 nitrogen and oxygen atoms in total. The number of hydrogen-bond donors (Lipinski definition) is 1. The van der Waals surface area contributed by atoms with Crippen LogP contribution in [-0.4, -0.2) is 5.54 Å². The third-order valence-electron chi connectivity index (χ3n) is 4.17. The van der Waals surface area contributed by atoms with E-state index in [9.17, 15) is 0 Å². The molecule has 0 saturated heterocycles. The fourth-order valence-electron chi connectivity index (χ4n) is 2.60. The average Bonchev–Trinajstić information content (AvgIpc) is 2.08. The van der Waals surface area contributed by atoms with Crippen molar-refractivity contribution in [3.63, 3.8) is 0 Å². The van der Waals surface area contributed by atoms with Gasteiger partial charge in [0.05, 0.1) is 0 Å². The van der Waals surface area contributed by atoms with E-state index in [0.29, 0.717) is 5.41 Å². The van der Waals surface area contributed by atoms with Gasteiger partial charge in [0.25, 0.3) is 0 Å². The van der Waals surface area contributed by atoms with Crippen molar-refractivity contribution >= 4 is 0 Å². The highest BCUT2D eigenvalue weighted by Crippen LogP contribution is 2.38. The van der Waals surface area contributed by atoms with Crippen LogP contribution < -0.4 is 5.73 Å². The first-order chi connectivity index (χ1) is 6.72. The first-order valence-corrected chi connectivity index (χ1v) is 6.51. The van der Waals surface area contributed by atoms with E-state index in [1.807, 2.05) is 0 Å². The standard InChI is InChI=1S/C14H29N/c1-11-6-7-14(15,10-12(11)2)9-8-13(3,4)5/h11-12H,6-10,15H2,1-5H3. The van der Waals surface area contributed by atoms with E-state index in [2.05, 4.69) is 34.6 Å². The van der Waals surface area contributed by atoms with Crippen molar-refractivity contribution in [3.05, 3.63) is 0 Å². The van der Waals surface area contributed by atoms with Crippen molar-refractivity contribution in [2.75, 3.05) is 0 Å². The van der Waals surface area contributed by atoms with Gasteiger partial charge in [-0.05, 0) is 49.4 Å². The van der Waals surface area contributed by atoms with Crippen LogP contribution in [-0.2, 0) is 0 Å². The largest absolute Gasteiger partial charge is 0.325 e. The second kappa shape index (κ2) is 4.45. The molecule has 0 amide bonds. The van der Waals surface area contributed by atoms with Crippen LogP contribution in [0.15, 0.2) is 0 Å². The molecule has 1 fully saturated rings. The summed E-state index contributed by atoms with van der Waals surface area (Å²) in [5.74, 6) is 1.68. The number of nitrogens with two attached hydrogens (primary N) is 1. The van der Waals surface area contributed by atoms with Crippen molar-refractivity contribution in [1.29, 1.82) is 0 Å². The molecular formula is C14H29N. The van der Waals surface area contributed by atoms with E-state index >= 15 is 0 Å². The summed E-state index contributed by atoms with van der Waals surface area (Å²) < 4.78 is 0. The maximum atomic E-state index is 6.52. The van der Waals surface area contributed by atoms with Gasteiger partial charge in [0, 0.05) is 5.54 Å². The molecule has 0 aromatic rings. The molecule has 0 radical (unpaired) electrons. The average molecular weight is 211 g/mol. The molecule has 15 heavy (non-hydrogen) atoms. The molecule has 0 bridgehead atoms. The van der Waals surface area contributed by atoms with Gasteiger partial charge in [0.1, 0.15) is 0 Å². The van der Waals surface area contributed by atoms with Crippen LogP contribution in [0.2, 0.25) is 0 Å². The van der Waals surface area contributed by atoms with Gasteiger partial charge in [-0.3, -0.25) is 0 Å². The second-order valence-corrected chi connectivity index (χ2v) is 7.12. The fourth-order valence-corrected chi connectivity index (χ4v) is 2.60. The van der Waals surface area contributed by atoms with Gasteiger partial charge in [-0.2, -0.15) is 0 Å². The monoisotopic (exact) mass is 211 g/mol. The van der Waals surface area contributed by atoms with Gasteiger partial charge in [-0.1, -0.05) is 34.6 Å². The minimum Gasteiger partial charge on any atom is -0.325 e. The van der Waals surface area contributed by atoms with Gasteiger partial charge < -0.3 is 5.73 Å². The van der Waals surface area contributed by atoms with Crippen molar-refractivity contribution in [2.24, 2.45) is 23.0 Å². The van der Waals surface area contributed by atoms with E-state index in [1.165, 1.54) is 32.1 Å². The van der Waals surface area contributed by atoms with E-state index in [4.69, 9.17) is 5.73 Å². The molecule has 3 unspecified atom stereocenters. The summed E-state index contributed by atoms with van der Waals surface area (Å²) in [4.78, 5) is 0. The highest BCUT2D eigenvalue weighted by atomic mass is 14.7. The smallest absolute Gasteiger partial charge is 0.0157 e. The SMILES string of the molecule is CC1CCC(N)(CCC(C)(C)C)CC1C. The van der Waals surface area contributed by atoms with Gasteiger partial charge in [0.15, 0.2) is 0 Å². The Hall–Kier alpha value is -0.0400. The zero-order chi connectivity index (χ0) is 11.7. The van der Waals surface area contributed by atoms with Crippen molar-refractivity contribution in [3.8, 4) is 0 Å². The lowest BCUT2D eigenvalue weighted by Crippen LogP contribution is -2.46. The Morgan fingerprint density at radius 1 is 1.20 bits per heavy atom. The fraction of sp³-hybridized carbons (Fsp3) is 1.00. The Balaban J connectivity index is 2.46. The van der Waals surface area contributed by atoms with Gasteiger partial charge in [-0.25, -0.2) is 0 Å². The Bertz CT molecular complexity index is 204. The highest BCUT2D eigenvalue weighted by Gasteiger charge is 2.34. The van der Waals surface area contributed by atoms with Gasteiger partial charge in [0.2, 0.25) is 0 Å². The molecule has 3 atom stereocenters. The summed E-state index contributed by atoms with van der Waals surface area (Å²) in [6.07, 6.45) is 6.23. The predicted octanol–water partition coefficient (Wildman–Crippen LogP) is 3.97. The second-order valence-electron chi connectivity index (χ2n) is 7.12. The first kappa shape index (κ1) is 13.0. The molecule has 1 rings (SSSR count). The van der Waals surface area contributed by atoms with Crippen molar-refractivity contribution in [2.45, 2.75) is 72.3 Å². The lowest BCUT2D eigenvalue weighted by Gasteiger charge is -2.41. The Labute approximate surface area is 95.8 Å². The van der Waals surface area contributed by atoms with Crippen LogP contribution in [0.4, 0.5) is 0 Å². The highest BCUT2D eigenvalue weighted by molar-refractivity contribution is 4.92. The number of rotatable bonds is 2. The van der Waals surface area contributed by atoms with Gasteiger partial charge >= 0.3 is 0 Å². The first-order valence-electron chi connectivity index (χ1n) is 6.51. The normalized spacial score (nSPS) is 38.0. The Morgan fingerprint density at radius 2 is 1.80 bits per heavy atom. The van der Waals surface area contributed by atoms with E-state index < -0.39 is 0 Å². The van der Waals surface area contributed by atoms with Crippen molar-refractivity contribution < 1.29 is 0 Å². The molecule has 2 N–H and O–H groups in total. The summed E-state index contributed by atoms with van der Waals surface area (Å²) in [5, 5.41) is 0. The van der Waals surface area contributed by atoms with Crippen LogP contribution in [0.25, 0.3) is 0 Å². The lowest BCUT2D eigenvalue weighted by atomic mass is 9.68. The summed E-state index contributed by atoms with van der Waals surface area (Å²) in [5.41, 5.74) is 7.09. The van der Waals surface area contributed by atoms with Crippen LogP contribution in [0.3, 0.4) is 0 Å². The van der Waals surface area contributed by atoms with E-state index in [-0.39, 0.29) is 5.54 Å². The molecule has 90 valence electrons. The topological polar surface area (TPSA) is 26.0 Å². The van der Waals surface area contributed by atoms with Crippen molar-refractivity contribution in [1.82, 2.24) is 0 Å². The molecule has 1 aliphatic rings. The molecule has 1 saturated carbocycles. The summed E-state index contributed by atoms with van der Waals surface area (Å²) in [7, 11) is 0.